The van der Waals surface area contributed by atoms with Crippen molar-refractivity contribution >= 4 is 17.9 Å². The zero-order valence-corrected chi connectivity index (χ0v) is 12.9. The predicted molar refractivity (Wildman–Crippen MR) is 80.6 cm³/mol. The van der Waals surface area contributed by atoms with Crippen LogP contribution in [0.25, 0.3) is 0 Å². The van der Waals surface area contributed by atoms with Crippen LogP contribution in [-0.2, 0) is 19.5 Å². The van der Waals surface area contributed by atoms with E-state index in [1.807, 2.05) is 13.2 Å². The van der Waals surface area contributed by atoms with Gasteiger partial charge in [0.25, 0.3) is 5.91 Å². The van der Waals surface area contributed by atoms with Crippen LogP contribution in [0.15, 0.2) is 0 Å². The number of carbonyl (C=O) groups is 1. The van der Waals surface area contributed by atoms with Crippen molar-refractivity contribution in [2.45, 2.75) is 51.7 Å². The molecule has 1 aliphatic carbocycles. The molecule has 1 amide bonds. The summed E-state index contributed by atoms with van der Waals surface area (Å²) in [5.41, 5.74) is 2.81. The first-order valence-electron chi connectivity index (χ1n) is 7.34. The van der Waals surface area contributed by atoms with Crippen molar-refractivity contribution < 1.29 is 4.79 Å². The second-order valence-electron chi connectivity index (χ2n) is 5.83. The second-order valence-corrected chi connectivity index (χ2v) is 6.52. The largest absolute Gasteiger partial charge is 0.349 e. The lowest BCUT2D eigenvalue weighted by Crippen LogP contribution is -2.39. The molecule has 0 bridgehead atoms. The fourth-order valence-electron chi connectivity index (χ4n) is 2.81. The molecular formula is C14H22N4OS. The highest BCUT2D eigenvalue weighted by Gasteiger charge is 2.30. The lowest BCUT2D eigenvalue weighted by Gasteiger charge is -2.19. The van der Waals surface area contributed by atoms with E-state index in [-0.39, 0.29) is 11.9 Å². The molecule has 2 heterocycles. The zero-order chi connectivity index (χ0) is 14.1. The lowest BCUT2D eigenvalue weighted by molar-refractivity contribution is 0.0928. The number of carbonyl (C=O) groups excluding carboxylic acids is 1. The van der Waals surface area contributed by atoms with Gasteiger partial charge in [-0.25, -0.2) is 0 Å². The molecule has 110 valence electrons. The average Bonchev–Trinajstić information content (AvgIpc) is 3.16. The van der Waals surface area contributed by atoms with Gasteiger partial charge in [-0.1, -0.05) is 24.8 Å². The SMILES string of the molecule is CSNCc1c2c(nn1CCC1CC1)CC(C)NC2=O. The summed E-state index contributed by atoms with van der Waals surface area (Å²) in [5.74, 6) is 0.916. The van der Waals surface area contributed by atoms with Crippen molar-refractivity contribution in [3.63, 3.8) is 0 Å². The van der Waals surface area contributed by atoms with Gasteiger partial charge in [-0.15, -0.1) is 0 Å². The molecule has 1 unspecified atom stereocenters. The molecule has 2 aliphatic rings. The van der Waals surface area contributed by atoms with Crippen molar-refractivity contribution in [2.75, 3.05) is 6.26 Å². The zero-order valence-electron chi connectivity index (χ0n) is 12.1. The normalized spacial score (nSPS) is 21.7. The minimum absolute atomic E-state index is 0.0364. The number of hydrogen-bond acceptors (Lipinski definition) is 4. The van der Waals surface area contributed by atoms with Crippen molar-refractivity contribution in [2.24, 2.45) is 5.92 Å². The van der Waals surface area contributed by atoms with Gasteiger partial charge in [0.05, 0.1) is 17.0 Å². The topological polar surface area (TPSA) is 59.0 Å². The highest BCUT2D eigenvalue weighted by molar-refractivity contribution is 7.96. The highest BCUT2D eigenvalue weighted by Crippen LogP contribution is 2.33. The van der Waals surface area contributed by atoms with Crippen molar-refractivity contribution in [3.05, 3.63) is 17.0 Å². The van der Waals surface area contributed by atoms with E-state index in [0.717, 1.165) is 35.8 Å². The van der Waals surface area contributed by atoms with Crippen LogP contribution in [0.1, 0.15) is 47.9 Å². The second kappa shape index (κ2) is 5.77. The maximum absolute atomic E-state index is 12.2. The number of nitrogens with one attached hydrogen (secondary N) is 2. The molecule has 1 saturated carbocycles. The Morgan fingerprint density at radius 3 is 3.00 bits per heavy atom. The van der Waals surface area contributed by atoms with Crippen molar-refractivity contribution in [1.29, 1.82) is 0 Å². The summed E-state index contributed by atoms with van der Waals surface area (Å²) in [6.07, 6.45) is 6.74. The summed E-state index contributed by atoms with van der Waals surface area (Å²) in [6, 6.07) is 0.183. The van der Waals surface area contributed by atoms with Gasteiger partial charge >= 0.3 is 0 Å². The van der Waals surface area contributed by atoms with Gasteiger partial charge in [0, 0.05) is 25.6 Å². The monoisotopic (exact) mass is 294 g/mol. The molecular weight excluding hydrogens is 272 g/mol. The Balaban J connectivity index is 1.86. The third-order valence-corrected chi connectivity index (χ3v) is 4.50. The molecule has 1 aromatic heterocycles. The first-order chi connectivity index (χ1) is 9.69. The minimum Gasteiger partial charge on any atom is -0.349 e. The van der Waals surface area contributed by atoms with Gasteiger partial charge in [-0.3, -0.25) is 14.2 Å². The van der Waals surface area contributed by atoms with Crippen molar-refractivity contribution in [1.82, 2.24) is 19.8 Å². The van der Waals surface area contributed by atoms with Gasteiger partial charge < -0.3 is 5.32 Å². The summed E-state index contributed by atoms with van der Waals surface area (Å²) >= 11 is 1.57. The predicted octanol–water partition coefficient (Wildman–Crippen LogP) is 1.73. The average molecular weight is 294 g/mol. The summed E-state index contributed by atoms with van der Waals surface area (Å²) < 4.78 is 5.31. The summed E-state index contributed by atoms with van der Waals surface area (Å²) in [4.78, 5) is 12.2. The molecule has 1 aliphatic heterocycles. The van der Waals surface area contributed by atoms with E-state index in [4.69, 9.17) is 5.10 Å². The van der Waals surface area contributed by atoms with Crippen LogP contribution in [0.4, 0.5) is 0 Å². The number of rotatable bonds is 6. The van der Waals surface area contributed by atoms with Crippen LogP contribution < -0.4 is 10.0 Å². The van der Waals surface area contributed by atoms with Gasteiger partial charge in [0.15, 0.2) is 0 Å². The molecule has 6 heteroatoms. The highest BCUT2D eigenvalue weighted by atomic mass is 32.2. The van der Waals surface area contributed by atoms with Gasteiger partial charge in [-0.2, -0.15) is 5.10 Å². The van der Waals surface area contributed by atoms with E-state index < -0.39 is 0 Å². The fourth-order valence-corrected chi connectivity index (χ4v) is 3.09. The van der Waals surface area contributed by atoms with Gasteiger partial charge in [0.2, 0.25) is 0 Å². The fraction of sp³-hybridized carbons (Fsp3) is 0.714. The number of aromatic nitrogens is 2. The molecule has 2 N–H and O–H groups in total. The molecule has 3 rings (SSSR count). The van der Waals surface area contributed by atoms with Gasteiger partial charge in [0.1, 0.15) is 0 Å². The molecule has 1 atom stereocenters. The van der Waals surface area contributed by atoms with Crippen LogP contribution >= 0.6 is 11.9 Å². The molecule has 1 aromatic rings. The van der Waals surface area contributed by atoms with Crippen LogP contribution in [0.3, 0.4) is 0 Å². The Morgan fingerprint density at radius 2 is 2.30 bits per heavy atom. The summed E-state index contributed by atoms with van der Waals surface area (Å²) in [5, 5.41) is 7.73. The molecule has 0 aromatic carbocycles. The molecule has 1 fully saturated rings. The number of hydrogen-bond donors (Lipinski definition) is 2. The maximum Gasteiger partial charge on any atom is 0.255 e. The molecule has 0 saturated heterocycles. The number of nitrogens with zero attached hydrogens (tertiary/aromatic N) is 2. The molecule has 20 heavy (non-hydrogen) atoms. The van der Waals surface area contributed by atoms with Crippen LogP contribution in [0, 0.1) is 5.92 Å². The smallest absolute Gasteiger partial charge is 0.255 e. The van der Waals surface area contributed by atoms with E-state index >= 15 is 0 Å². The first kappa shape index (κ1) is 13.9. The molecule has 0 radical (unpaired) electrons. The Bertz CT molecular complexity index is 510. The Kier molecular flexibility index (Phi) is 4.03. The quantitative estimate of drug-likeness (QED) is 0.785. The standard InChI is InChI=1S/C14H22N4OS/c1-9-7-11-13(14(19)16-9)12(8-15-20-2)18(17-11)6-5-10-3-4-10/h9-10,15H,3-8H2,1-2H3,(H,16,19). The van der Waals surface area contributed by atoms with Crippen LogP contribution in [0.5, 0.6) is 0 Å². The third kappa shape index (κ3) is 2.86. The van der Waals surface area contributed by atoms with Crippen molar-refractivity contribution in [3.8, 4) is 0 Å². The summed E-state index contributed by atoms with van der Waals surface area (Å²) in [7, 11) is 0. The van der Waals surface area contributed by atoms with Crippen LogP contribution in [-0.4, -0.2) is 28.0 Å². The third-order valence-electron chi connectivity index (χ3n) is 4.06. The molecule has 0 spiro atoms. The Morgan fingerprint density at radius 1 is 1.50 bits per heavy atom. The lowest BCUT2D eigenvalue weighted by atomic mass is 10.0. The van der Waals surface area contributed by atoms with Crippen LogP contribution in [0.2, 0.25) is 0 Å². The van der Waals surface area contributed by atoms with E-state index in [1.54, 1.807) is 11.9 Å². The number of fused-ring (bicyclic) bond motifs is 1. The van der Waals surface area contributed by atoms with Gasteiger partial charge in [-0.05, 0) is 25.5 Å². The Labute approximate surface area is 124 Å². The Hall–Kier alpha value is -1.01. The number of aryl methyl sites for hydroxylation is 1. The molecule has 5 nitrogen and oxygen atoms in total. The summed E-state index contributed by atoms with van der Waals surface area (Å²) in [6.45, 7) is 3.66. The van der Waals surface area contributed by atoms with E-state index in [0.29, 0.717) is 6.54 Å². The number of amides is 1. The van der Waals surface area contributed by atoms with E-state index in [2.05, 4.69) is 14.7 Å². The first-order valence-corrected chi connectivity index (χ1v) is 8.56. The minimum atomic E-state index is 0.0364. The van der Waals surface area contributed by atoms with E-state index in [1.165, 1.54) is 19.3 Å². The maximum atomic E-state index is 12.2. The van der Waals surface area contributed by atoms with E-state index in [9.17, 15) is 4.79 Å².